The molecule has 0 heterocycles. The highest BCUT2D eigenvalue weighted by atomic mass is 79.9. The first-order chi connectivity index (χ1) is 7.63. The van der Waals surface area contributed by atoms with E-state index >= 15 is 0 Å². The lowest BCUT2D eigenvalue weighted by atomic mass is 10.2. The van der Waals surface area contributed by atoms with Crippen molar-refractivity contribution in [2.45, 2.75) is 0 Å². The molecule has 82 valence electrons. The molecular formula is C12H9BrO3. The molecule has 0 fully saturated rings. The van der Waals surface area contributed by atoms with Gasteiger partial charge < -0.3 is 9.84 Å². The summed E-state index contributed by atoms with van der Waals surface area (Å²) in [4.78, 5) is 10.4. The lowest BCUT2D eigenvalue weighted by molar-refractivity contribution is -0.131. The number of hydrogen-bond acceptors (Lipinski definition) is 2. The third kappa shape index (κ3) is 3.79. The molecule has 0 aliphatic carbocycles. The molecule has 1 N–H and O–H groups in total. The third-order valence-electron chi connectivity index (χ3n) is 1.70. The maximum absolute atomic E-state index is 10.4. The van der Waals surface area contributed by atoms with E-state index in [1.165, 1.54) is 6.08 Å². The van der Waals surface area contributed by atoms with E-state index in [0.29, 0.717) is 5.75 Å². The Hall–Kier alpha value is -1.73. The zero-order valence-corrected chi connectivity index (χ0v) is 9.90. The molecular weight excluding hydrogens is 272 g/mol. The number of aliphatic carboxylic acids is 1. The second-order valence-corrected chi connectivity index (χ2v) is 3.70. The normalized spacial score (nSPS) is 10.0. The monoisotopic (exact) mass is 280 g/mol. The minimum Gasteiger partial charge on any atom is -0.481 e. The number of carboxylic acid groups (broad SMARTS) is 1. The Kier molecular flexibility index (Phi) is 4.62. The molecule has 3 nitrogen and oxygen atoms in total. The average molecular weight is 281 g/mol. The smallest absolute Gasteiger partial charge is 0.328 e. The van der Waals surface area contributed by atoms with Gasteiger partial charge in [0.2, 0.25) is 0 Å². The highest BCUT2D eigenvalue weighted by molar-refractivity contribution is 9.10. The zero-order chi connectivity index (χ0) is 12.0. The van der Waals surface area contributed by atoms with Gasteiger partial charge in [-0.25, -0.2) is 4.79 Å². The minimum absolute atomic E-state index is 0.184. The SMILES string of the molecule is C#CCOc1ccc(Br)c(/C=C/C(=O)O)c1. The van der Waals surface area contributed by atoms with Crippen molar-refractivity contribution < 1.29 is 14.6 Å². The first kappa shape index (κ1) is 12.3. The van der Waals surface area contributed by atoms with Gasteiger partial charge in [0.15, 0.2) is 0 Å². The third-order valence-corrected chi connectivity index (χ3v) is 2.42. The molecule has 1 rings (SSSR count). The molecule has 0 atom stereocenters. The number of rotatable bonds is 4. The molecule has 0 saturated carbocycles. The van der Waals surface area contributed by atoms with Crippen LogP contribution in [0.3, 0.4) is 0 Å². The van der Waals surface area contributed by atoms with Gasteiger partial charge in [0.05, 0.1) is 0 Å². The van der Waals surface area contributed by atoms with Crippen LogP contribution in [0, 0.1) is 12.3 Å². The highest BCUT2D eigenvalue weighted by Crippen LogP contribution is 2.23. The number of halogens is 1. The van der Waals surface area contributed by atoms with Crippen LogP contribution in [0.2, 0.25) is 0 Å². The van der Waals surface area contributed by atoms with E-state index in [9.17, 15) is 4.79 Å². The maximum Gasteiger partial charge on any atom is 0.328 e. The summed E-state index contributed by atoms with van der Waals surface area (Å²) >= 11 is 3.31. The van der Waals surface area contributed by atoms with Crippen molar-refractivity contribution in [3.63, 3.8) is 0 Å². The Balaban J connectivity index is 2.91. The van der Waals surface area contributed by atoms with Crippen LogP contribution in [0.15, 0.2) is 28.7 Å². The van der Waals surface area contributed by atoms with Crippen molar-refractivity contribution in [1.29, 1.82) is 0 Å². The van der Waals surface area contributed by atoms with E-state index in [-0.39, 0.29) is 6.61 Å². The van der Waals surface area contributed by atoms with Gasteiger partial charge in [-0.2, -0.15) is 0 Å². The van der Waals surface area contributed by atoms with Crippen LogP contribution in [0.25, 0.3) is 6.08 Å². The first-order valence-electron chi connectivity index (χ1n) is 4.40. The van der Waals surface area contributed by atoms with Gasteiger partial charge in [-0.05, 0) is 29.8 Å². The standard InChI is InChI=1S/C12H9BrO3/c1-2-7-16-10-4-5-11(13)9(8-10)3-6-12(14)15/h1,3-6,8H,7H2,(H,14,15)/b6-3+. The van der Waals surface area contributed by atoms with Crippen LogP contribution in [0.5, 0.6) is 5.75 Å². The Morgan fingerprint density at radius 1 is 1.62 bits per heavy atom. The number of benzene rings is 1. The Morgan fingerprint density at radius 2 is 2.38 bits per heavy atom. The van der Waals surface area contributed by atoms with Crippen LogP contribution < -0.4 is 4.74 Å². The second kappa shape index (κ2) is 5.99. The number of hydrogen-bond donors (Lipinski definition) is 1. The van der Waals surface area contributed by atoms with Gasteiger partial charge in [0, 0.05) is 10.5 Å². The fraction of sp³-hybridized carbons (Fsp3) is 0.0833. The number of carboxylic acids is 1. The lowest BCUT2D eigenvalue weighted by Gasteiger charge is -2.04. The van der Waals surface area contributed by atoms with Crippen molar-refractivity contribution in [2.24, 2.45) is 0 Å². The van der Waals surface area contributed by atoms with E-state index in [1.807, 2.05) is 0 Å². The summed E-state index contributed by atoms with van der Waals surface area (Å²) < 4.78 is 6.01. The first-order valence-corrected chi connectivity index (χ1v) is 5.19. The fourth-order valence-electron chi connectivity index (χ4n) is 1.03. The van der Waals surface area contributed by atoms with Crippen molar-refractivity contribution in [2.75, 3.05) is 6.61 Å². The van der Waals surface area contributed by atoms with E-state index in [4.69, 9.17) is 16.3 Å². The van der Waals surface area contributed by atoms with Crippen LogP contribution >= 0.6 is 15.9 Å². The number of carbonyl (C=O) groups is 1. The summed E-state index contributed by atoms with van der Waals surface area (Å²) in [5.74, 6) is 1.96. The quantitative estimate of drug-likeness (QED) is 0.681. The van der Waals surface area contributed by atoms with Crippen LogP contribution in [0.4, 0.5) is 0 Å². The Bertz CT molecular complexity index is 458. The van der Waals surface area contributed by atoms with Crippen molar-refractivity contribution in [1.82, 2.24) is 0 Å². The van der Waals surface area contributed by atoms with E-state index in [2.05, 4.69) is 21.9 Å². The van der Waals surface area contributed by atoms with Gasteiger partial charge in [-0.15, -0.1) is 6.42 Å². The van der Waals surface area contributed by atoms with Crippen LogP contribution in [-0.2, 0) is 4.79 Å². The zero-order valence-electron chi connectivity index (χ0n) is 8.31. The predicted octanol–water partition coefficient (Wildman–Crippen LogP) is 2.56. The lowest BCUT2D eigenvalue weighted by Crippen LogP contribution is -1.94. The summed E-state index contributed by atoms with van der Waals surface area (Å²) in [6.45, 7) is 0.184. The summed E-state index contributed by atoms with van der Waals surface area (Å²) in [5, 5.41) is 8.52. The fourth-order valence-corrected chi connectivity index (χ4v) is 1.40. The average Bonchev–Trinajstić information content (AvgIpc) is 2.26. The van der Waals surface area contributed by atoms with E-state index < -0.39 is 5.97 Å². The van der Waals surface area contributed by atoms with E-state index in [1.54, 1.807) is 18.2 Å². The van der Waals surface area contributed by atoms with Crippen LogP contribution in [-0.4, -0.2) is 17.7 Å². The number of ether oxygens (including phenoxy) is 1. The largest absolute Gasteiger partial charge is 0.481 e. The second-order valence-electron chi connectivity index (χ2n) is 2.85. The van der Waals surface area contributed by atoms with Crippen molar-refractivity contribution >= 4 is 28.0 Å². The molecule has 1 aromatic rings. The van der Waals surface area contributed by atoms with Gasteiger partial charge in [-0.1, -0.05) is 21.9 Å². The van der Waals surface area contributed by atoms with Gasteiger partial charge >= 0.3 is 5.97 Å². The van der Waals surface area contributed by atoms with Gasteiger partial charge in [-0.3, -0.25) is 0 Å². The molecule has 16 heavy (non-hydrogen) atoms. The molecule has 0 radical (unpaired) electrons. The van der Waals surface area contributed by atoms with Crippen molar-refractivity contribution in [3.8, 4) is 18.1 Å². The maximum atomic E-state index is 10.4. The molecule has 0 aliphatic rings. The minimum atomic E-state index is -0.998. The molecule has 0 spiro atoms. The molecule has 0 amide bonds. The van der Waals surface area contributed by atoms with Gasteiger partial charge in [0.1, 0.15) is 12.4 Å². The molecule has 0 aliphatic heterocycles. The molecule has 4 heteroatoms. The van der Waals surface area contributed by atoms with Crippen LogP contribution in [0.1, 0.15) is 5.56 Å². The molecule has 0 saturated heterocycles. The Labute approximate surface area is 102 Å². The summed E-state index contributed by atoms with van der Waals surface area (Å²) in [7, 11) is 0. The van der Waals surface area contributed by atoms with E-state index in [0.717, 1.165) is 16.1 Å². The summed E-state index contributed by atoms with van der Waals surface area (Å²) in [5.41, 5.74) is 0.719. The topological polar surface area (TPSA) is 46.5 Å². The number of terminal acetylenes is 1. The molecule has 1 aromatic carbocycles. The summed E-state index contributed by atoms with van der Waals surface area (Å²) in [6, 6.07) is 5.23. The Morgan fingerprint density at radius 3 is 3.00 bits per heavy atom. The highest BCUT2D eigenvalue weighted by Gasteiger charge is 2.00. The van der Waals surface area contributed by atoms with Crippen molar-refractivity contribution in [3.05, 3.63) is 34.3 Å². The molecule has 0 aromatic heterocycles. The molecule has 0 unspecified atom stereocenters. The predicted molar refractivity (Wildman–Crippen MR) is 65.1 cm³/mol. The molecule has 0 bridgehead atoms. The summed E-state index contributed by atoms with van der Waals surface area (Å²) in [6.07, 6.45) is 7.61. The van der Waals surface area contributed by atoms with Gasteiger partial charge in [0.25, 0.3) is 0 Å².